The van der Waals surface area contributed by atoms with Crippen molar-refractivity contribution >= 4 is 5.97 Å². The van der Waals surface area contributed by atoms with E-state index < -0.39 is 5.97 Å². The third-order valence-electron chi connectivity index (χ3n) is 1.76. The molecule has 0 aromatic heterocycles. The summed E-state index contributed by atoms with van der Waals surface area (Å²) in [5.41, 5.74) is 0.963. The van der Waals surface area contributed by atoms with Gasteiger partial charge in [0.2, 0.25) is 0 Å². The molecule has 0 unspecified atom stereocenters. The number of methoxy groups -OCH3 is 1. The Morgan fingerprint density at radius 2 is 2.12 bits per heavy atom. The Labute approximate surface area is 94.1 Å². The highest BCUT2D eigenvalue weighted by Crippen LogP contribution is 2.08. The zero-order valence-electron chi connectivity index (χ0n) is 8.78. The fourth-order valence-electron chi connectivity index (χ4n) is 1.06. The molecule has 1 rings (SSSR count). The standard InChI is InChI=1S/C13H10O3/c1-16-13(15)12-9-5-4-8-11(12)7-3-2-6-10-14/h4-5,8-9,14H,10H2,1H3. The zero-order chi connectivity index (χ0) is 11.8. The van der Waals surface area contributed by atoms with E-state index in [-0.39, 0.29) is 6.61 Å². The molecule has 0 aliphatic heterocycles. The van der Waals surface area contributed by atoms with Gasteiger partial charge < -0.3 is 9.84 Å². The summed E-state index contributed by atoms with van der Waals surface area (Å²) in [7, 11) is 1.32. The van der Waals surface area contributed by atoms with E-state index in [4.69, 9.17) is 5.11 Å². The summed E-state index contributed by atoms with van der Waals surface area (Å²) < 4.78 is 4.62. The van der Waals surface area contributed by atoms with Crippen LogP contribution in [-0.4, -0.2) is 24.8 Å². The van der Waals surface area contributed by atoms with Crippen molar-refractivity contribution < 1.29 is 14.6 Å². The maximum absolute atomic E-state index is 11.4. The van der Waals surface area contributed by atoms with Crippen molar-refractivity contribution in [3.8, 4) is 23.7 Å². The first-order chi connectivity index (χ1) is 7.79. The molecular formula is C13H10O3. The predicted octanol–water partition coefficient (Wildman–Crippen LogP) is 0.820. The number of hydrogen-bond donors (Lipinski definition) is 1. The maximum Gasteiger partial charge on any atom is 0.339 e. The van der Waals surface area contributed by atoms with E-state index in [9.17, 15) is 4.79 Å². The van der Waals surface area contributed by atoms with Gasteiger partial charge in [-0.05, 0) is 24.0 Å². The van der Waals surface area contributed by atoms with Crippen molar-refractivity contribution in [1.82, 2.24) is 0 Å². The van der Waals surface area contributed by atoms with Crippen LogP contribution < -0.4 is 0 Å². The van der Waals surface area contributed by atoms with Crippen LogP contribution >= 0.6 is 0 Å². The summed E-state index contributed by atoms with van der Waals surface area (Å²) >= 11 is 0. The van der Waals surface area contributed by atoms with Crippen molar-refractivity contribution in [2.24, 2.45) is 0 Å². The number of ether oxygens (including phenoxy) is 1. The predicted molar refractivity (Wildman–Crippen MR) is 59.5 cm³/mol. The fourth-order valence-corrected chi connectivity index (χ4v) is 1.06. The number of aliphatic hydroxyl groups excluding tert-OH is 1. The second-order valence-corrected chi connectivity index (χ2v) is 2.75. The summed E-state index contributed by atoms with van der Waals surface area (Å²) in [6, 6.07) is 6.85. The molecule has 0 bridgehead atoms. The number of rotatable bonds is 1. The second-order valence-electron chi connectivity index (χ2n) is 2.75. The zero-order valence-corrected chi connectivity index (χ0v) is 8.78. The van der Waals surface area contributed by atoms with Gasteiger partial charge in [0.15, 0.2) is 0 Å². The highest BCUT2D eigenvalue weighted by molar-refractivity contribution is 5.92. The Morgan fingerprint density at radius 3 is 2.81 bits per heavy atom. The van der Waals surface area contributed by atoms with Gasteiger partial charge in [0.1, 0.15) is 6.61 Å². The molecule has 0 spiro atoms. The van der Waals surface area contributed by atoms with E-state index in [1.54, 1.807) is 24.3 Å². The molecule has 1 aromatic carbocycles. The molecule has 0 aliphatic rings. The van der Waals surface area contributed by atoms with Crippen molar-refractivity contribution in [3.05, 3.63) is 35.4 Å². The lowest BCUT2D eigenvalue weighted by atomic mass is 10.1. The van der Waals surface area contributed by atoms with Gasteiger partial charge in [-0.2, -0.15) is 0 Å². The molecule has 1 N–H and O–H groups in total. The lowest BCUT2D eigenvalue weighted by molar-refractivity contribution is 0.0600. The van der Waals surface area contributed by atoms with E-state index in [2.05, 4.69) is 28.4 Å². The normalized spacial score (nSPS) is 8.12. The second kappa shape index (κ2) is 6.29. The van der Waals surface area contributed by atoms with Crippen molar-refractivity contribution in [2.75, 3.05) is 13.7 Å². The molecule has 80 valence electrons. The SMILES string of the molecule is COC(=O)c1ccccc1C#CC#CCO. The quantitative estimate of drug-likeness (QED) is 0.556. The molecule has 3 nitrogen and oxygen atoms in total. The average molecular weight is 214 g/mol. The van der Waals surface area contributed by atoms with Crippen molar-refractivity contribution in [1.29, 1.82) is 0 Å². The first kappa shape index (κ1) is 11.8. The van der Waals surface area contributed by atoms with Gasteiger partial charge >= 0.3 is 5.97 Å². The highest BCUT2D eigenvalue weighted by Gasteiger charge is 2.08. The lowest BCUT2D eigenvalue weighted by Gasteiger charge is -2.00. The van der Waals surface area contributed by atoms with E-state index in [1.807, 2.05) is 0 Å². The molecule has 0 atom stereocenters. The largest absolute Gasteiger partial charge is 0.465 e. The number of carbonyl (C=O) groups is 1. The van der Waals surface area contributed by atoms with E-state index in [1.165, 1.54) is 7.11 Å². The molecule has 0 amide bonds. The maximum atomic E-state index is 11.4. The topological polar surface area (TPSA) is 46.5 Å². The molecule has 0 saturated heterocycles. The van der Waals surface area contributed by atoms with Crippen LogP contribution in [0, 0.1) is 23.7 Å². The van der Waals surface area contributed by atoms with Gasteiger partial charge in [0.25, 0.3) is 0 Å². The highest BCUT2D eigenvalue weighted by atomic mass is 16.5. The lowest BCUT2D eigenvalue weighted by Crippen LogP contribution is -2.03. The summed E-state index contributed by atoms with van der Waals surface area (Å²) in [4.78, 5) is 11.4. The van der Waals surface area contributed by atoms with Gasteiger partial charge in [-0.25, -0.2) is 4.79 Å². The van der Waals surface area contributed by atoms with E-state index in [0.717, 1.165) is 0 Å². The molecule has 0 saturated carbocycles. The average Bonchev–Trinajstić information content (AvgIpc) is 2.34. The summed E-state index contributed by atoms with van der Waals surface area (Å²) in [5, 5.41) is 8.43. The van der Waals surface area contributed by atoms with Crippen LogP contribution in [0.3, 0.4) is 0 Å². The van der Waals surface area contributed by atoms with E-state index in [0.29, 0.717) is 11.1 Å². The molecule has 3 heteroatoms. The molecule has 0 radical (unpaired) electrons. The molecule has 0 aliphatic carbocycles. The minimum atomic E-state index is -0.431. The number of benzene rings is 1. The first-order valence-corrected chi connectivity index (χ1v) is 4.56. The monoisotopic (exact) mass is 214 g/mol. The van der Waals surface area contributed by atoms with E-state index >= 15 is 0 Å². The van der Waals surface area contributed by atoms with Crippen LogP contribution in [0.1, 0.15) is 15.9 Å². The number of hydrogen-bond acceptors (Lipinski definition) is 3. The Bertz CT molecular complexity index is 495. The van der Waals surface area contributed by atoms with Crippen LogP contribution in [0.15, 0.2) is 24.3 Å². The number of esters is 1. The molecule has 0 fully saturated rings. The third-order valence-corrected chi connectivity index (χ3v) is 1.76. The number of aliphatic hydroxyl groups is 1. The van der Waals surface area contributed by atoms with Crippen LogP contribution in [0.2, 0.25) is 0 Å². The van der Waals surface area contributed by atoms with Gasteiger partial charge in [-0.15, -0.1) is 0 Å². The Kier molecular flexibility index (Phi) is 4.66. The molecule has 1 aromatic rings. The fraction of sp³-hybridized carbons (Fsp3) is 0.154. The minimum Gasteiger partial charge on any atom is -0.465 e. The summed E-state index contributed by atoms with van der Waals surface area (Å²) in [6.07, 6.45) is 0. The smallest absolute Gasteiger partial charge is 0.339 e. The van der Waals surface area contributed by atoms with Crippen molar-refractivity contribution in [3.63, 3.8) is 0 Å². The van der Waals surface area contributed by atoms with Crippen LogP contribution in [0.25, 0.3) is 0 Å². The summed E-state index contributed by atoms with van der Waals surface area (Å²) in [5.74, 6) is 9.69. The van der Waals surface area contributed by atoms with Crippen LogP contribution in [-0.2, 0) is 4.74 Å². The first-order valence-electron chi connectivity index (χ1n) is 4.56. The third kappa shape index (κ3) is 3.16. The van der Waals surface area contributed by atoms with Crippen LogP contribution in [0.5, 0.6) is 0 Å². The minimum absolute atomic E-state index is 0.229. The van der Waals surface area contributed by atoms with Gasteiger partial charge in [-0.3, -0.25) is 0 Å². The molecule has 16 heavy (non-hydrogen) atoms. The Balaban J connectivity index is 3.03. The van der Waals surface area contributed by atoms with Gasteiger partial charge in [0, 0.05) is 5.56 Å². The van der Waals surface area contributed by atoms with Crippen LogP contribution in [0.4, 0.5) is 0 Å². The van der Waals surface area contributed by atoms with Crippen molar-refractivity contribution in [2.45, 2.75) is 0 Å². The molecule has 0 heterocycles. The summed E-state index contributed by atoms with van der Waals surface area (Å²) in [6.45, 7) is -0.229. The van der Waals surface area contributed by atoms with Gasteiger partial charge in [0.05, 0.1) is 12.7 Å². The molecular weight excluding hydrogens is 204 g/mol. The number of carbonyl (C=O) groups excluding carboxylic acids is 1. The Morgan fingerprint density at radius 1 is 1.38 bits per heavy atom. The Hall–Kier alpha value is -2.23. The van der Waals surface area contributed by atoms with Gasteiger partial charge in [-0.1, -0.05) is 24.0 Å².